The molecule has 28 heavy (non-hydrogen) atoms. The van der Waals surface area contributed by atoms with Gasteiger partial charge in [-0.05, 0) is 6.42 Å². The first-order chi connectivity index (χ1) is 13.6. The zero-order valence-electron chi connectivity index (χ0n) is 17.8. The Bertz CT molecular complexity index is 393. The minimum atomic E-state index is -1.23. The van der Waals surface area contributed by atoms with Gasteiger partial charge in [-0.15, -0.1) is 0 Å². The van der Waals surface area contributed by atoms with Crippen molar-refractivity contribution in [2.24, 2.45) is 0 Å². The fourth-order valence-corrected chi connectivity index (χ4v) is 3.65. The SMILES string of the molecule is CCCCCCCCCCCCCCCC(=O)NC[C@H]1OC[C@H](O)[C@@H](O)[C@H]1O. The number of aliphatic hydroxyl groups is 3. The van der Waals surface area contributed by atoms with E-state index in [1.165, 1.54) is 70.6 Å². The van der Waals surface area contributed by atoms with E-state index in [1.54, 1.807) is 0 Å². The maximum absolute atomic E-state index is 11.9. The zero-order chi connectivity index (χ0) is 20.6. The Labute approximate surface area is 171 Å². The van der Waals surface area contributed by atoms with E-state index in [1.807, 2.05) is 0 Å². The fraction of sp³-hybridized carbons (Fsp3) is 0.955. The summed E-state index contributed by atoms with van der Waals surface area (Å²) in [6.07, 6.45) is 12.9. The van der Waals surface area contributed by atoms with E-state index in [4.69, 9.17) is 4.74 Å². The molecule has 1 heterocycles. The highest BCUT2D eigenvalue weighted by molar-refractivity contribution is 5.75. The van der Waals surface area contributed by atoms with Gasteiger partial charge in [-0.25, -0.2) is 0 Å². The highest BCUT2D eigenvalue weighted by Gasteiger charge is 2.37. The van der Waals surface area contributed by atoms with E-state index in [0.717, 1.165) is 12.8 Å². The third-order valence-electron chi connectivity index (χ3n) is 5.61. The predicted molar refractivity (Wildman–Crippen MR) is 111 cm³/mol. The highest BCUT2D eigenvalue weighted by atomic mass is 16.5. The Kier molecular flexibility index (Phi) is 14.6. The van der Waals surface area contributed by atoms with Crippen molar-refractivity contribution in [1.29, 1.82) is 0 Å². The number of aliphatic hydroxyl groups excluding tert-OH is 3. The van der Waals surface area contributed by atoms with E-state index >= 15 is 0 Å². The molecule has 0 aliphatic carbocycles. The van der Waals surface area contributed by atoms with Crippen molar-refractivity contribution in [2.45, 2.75) is 121 Å². The summed E-state index contributed by atoms with van der Waals surface area (Å²) >= 11 is 0. The number of nitrogens with one attached hydrogen (secondary N) is 1. The molecule has 1 rings (SSSR count). The van der Waals surface area contributed by atoms with Gasteiger partial charge in [-0.1, -0.05) is 84.0 Å². The van der Waals surface area contributed by atoms with Crippen LogP contribution in [0.3, 0.4) is 0 Å². The second kappa shape index (κ2) is 16.1. The van der Waals surface area contributed by atoms with Gasteiger partial charge in [0.25, 0.3) is 0 Å². The number of carbonyl (C=O) groups is 1. The van der Waals surface area contributed by atoms with E-state index in [2.05, 4.69) is 12.2 Å². The molecule has 166 valence electrons. The number of amides is 1. The van der Waals surface area contributed by atoms with Crippen molar-refractivity contribution in [1.82, 2.24) is 5.32 Å². The summed E-state index contributed by atoms with van der Waals surface area (Å²) in [5, 5.41) is 31.6. The van der Waals surface area contributed by atoms with Crippen LogP contribution in [0.5, 0.6) is 0 Å². The number of carbonyl (C=O) groups excluding carboxylic acids is 1. The Balaban J connectivity index is 1.88. The van der Waals surface area contributed by atoms with Crippen LogP contribution in [0.4, 0.5) is 0 Å². The van der Waals surface area contributed by atoms with Crippen LogP contribution in [0.1, 0.15) is 96.8 Å². The van der Waals surface area contributed by atoms with Gasteiger partial charge in [0.2, 0.25) is 5.91 Å². The van der Waals surface area contributed by atoms with Crippen LogP contribution in [0, 0.1) is 0 Å². The summed E-state index contributed by atoms with van der Waals surface area (Å²) in [7, 11) is 0. The molecule has 6 heteroatoms. The lowest BCUT2D eigenvalue weighted by Gasteiger charge is -2.35. The van der Waals surface area contributed by atoms with Gasteiger partial charge in [-0.2, -0.15) is 0 Å². The summed E-state index contributed by atoms with van der Waals surface area (Å²) in [6.45, 7) is 2.38. The van der Waals surface area contributed by atoms with Gasteiger partial charge in [0.15, 0.2) is 0 Å². The largest absolute Gasteiger partial charge is 0.388 e. The lowest BCUT2D eigenvalue weighted by Crippen LogP contribution is -2.56. The second-order valence-electron chi connectivity index (χ2n) is 8.22. The molecular weight excluding hydrogens is 358 g/mol. The molecule has 4 atom stereocenters. The van der Waals surface area contributed by atoms with E-state index in [0.29, 0.717) is 6.42 Å². The maximum atomic E-state index is 11.9. The smallest absolute Gasteiger partial charge is 0.220 e. The lowest BCUT2D eigenvalue weighted by atomic mass is 10.00. The van der Waals surface area contributed by atoms with Crippen LogP contribution in [-0.4, -0.2) is 58.8 Å². The Morgan fingerprint density at radius 1 is 0.821 bits per heavy atom. The first-order valence-corrected chi connectivity index (χ1v) is 11.5. The van der Waals surface area contributed by atoms with Crippen LogP contribution < -0.4 is 5.32 Å². The molecule has 0 unspecified atom stereocenters. The molecule has 0 aromatic carbocycles. The molecule has 0 aromatic rings. The number of hydrogen-bond acceptors (Lipinski definition) is 5. The Morgan fingerprint density at radius 3 is 1.86 bits per heavy atom. The van der Waals surface area contributed by atoms with E-state index < -0.39 is 24.4 Å². The molecule has 0 spiro atoms. The monoisotopic (exact) mass is 401 g/mol. The van der Waals surface area contributed by atoms with Crippen LogP contribution in [-0.2, 0) is 9.53 Å². The summed E-state index contributed by atoms with van der Waals surface area (Å²) in [4.78, 5) is 11.9. The minimum Gasteiger partial charge on any atom is -0.388 e. The number of unbranched alkanes of at least 4 members (excludes halogenated alkanes) is 12. The van der Waals surface area contributed by atoms with Crippen LogP contribution >= 0.6 is 0 Å². The topological polar surface area (TPSA) is 99.0 Å². The molecule has 1 amide bonds. The van der Waals surface area contributed by atoms with Crippen molar-refractivity contribution in [3.05, 3.63) is 0 Å². The molecule has 4 N–H and O–H groups in total. The van der Waals surface area contributed by atoms with Gasteiger partial charge in [0, 0.05) is 13.0 Å². The summed E-state index contributed by atoms with van der Waals surface area (Å²) in [5.41, 5.74) is 0. The molecule has 1 aliphatic rings. The number of ether oxygens (including phenoxy) is 1. The summed E-state index contributed by atoms with van der Waals surface area (Å²) in [5.74, 6) is -0.0560. The lowest BCUT2D eigenvalue weighted by molar-refractivity contribution is -0.185. The number of rotatable bonds is 16. The molecule has 1 saturated heterocycles. The van der Waals surface area contributed by atoms with Gasteiger partial charge < -0.3 is 25.4 Å². The molecule has 1 aliphatic heterocycles. The normalized spacial score (nSPS) is 25.0. The average Bonchev–Trinajstić information content (AvgIpc) is 2.69. The Morgan fingerprint density at radius 2 is 1.32 bits per heavy atom. The quantitative estimate of drug-likeness (QED) is 0.298. The molecule has 0 radical (unpaired) electrons. The zero-order valence-corrected chi connectivity index (χ0v) is 17.8. The minimum absolute atomic E-state index is 0.0301. The summed E-state index contributed by atoms with van der Waals surface area (Å²) < 4.78 is 5.27. The predicted octanol–water partition coefficient (Wildman–Crippen LogP) is 3.07. The maximum Gasteiger partial charge on any atom is 0.220 e. The van der Waals surface area contributed by atoms with Crippen molar-refractivity contribution in [3.63, 3.8) is 0 Å². The second-order valence-corrected chi connectivity index (χ2v) is 8.22. The van der Waals surface area contributed by atoms with Gasteiger partial charge >= 0.3 is 0 Å². The van der Waals surface area contributed by atoms with Crippen LogP contribution in [0.25, 0.3) is 0 Å². The fourth-order valence-electron chi connectivity index (χ4n) is 3.65. The molecule has 0 aromatic heterocycles. The number of hydrogen-bond donors (Lipinski definition) is 4. The molecule has 1 fully saturated rings. The molecule has 0 saturated carbocycles. The van der Waals surface area contributed by atoms with Crippen molar-refractivity contribution in [3.8, 4) is 0 Å². The van der Waals surface area contributed by atoms with Crippen molar-refractivity contribution < 1.29 is 24.9 Å². The Hall–Kier alpha value is -0.690. The first kappa shape index (κ1) is 25.3. The highest BCUT2D eigenvalue weighted by Crippen LogP contribution is 2.15. The average molecular weight is 402 g/mol. The van der Waals surface area contributed by atoms with Crippen LogP contribution in [0.2, 0.25) is 0 Å². The third-order valence-corrected chi connectivity index (χ3v) is 5.61. The summed E-state index contributed by atoms with van der Waals surface area (Å²) in [6, 6.07) is 0. The van der Waals surface area contributed by atoms with Gasteiger partial charge in [-0.3, -0.25) is 4.79 Å². The van der Waals surface area contributed by atoms with Gasteiger partial charge in [0.1, 0.15) is 24.4 Å². The molecular formula is C22H43NO5. The molecule has 0 bridgehead atoms. The standard InChI is InChI=1S/C22H43NO5/c1-2-3-4-5-6-7-8-9-10-11-12-13-14-15-20(25)23-16-19-22(27)21(26)18(24)17-28-19/h18-19,21-22,24,26-27H,2-17H2,1H3,(H,23,25)/t18-,19+,21+,22-/m0/s1. The van der Waals surface area contributed by atoms with Crippen molar-refractivity contribution >= 4 is 5.91 Å². The first-order valence-electron chi connectivity index (χ1n) is 11.5. The third kappa shape index (κ3) is 11.3. The van der Waals surface area contributed by atoms with Gasteiger partial charge in [0.05, 0.1) is 6.61 Å². The molecule has 6 nitrogen and oxygen atoms in total. The van der Waals surface area contributed by atoms with E-state index in [-0.39, 0.29) is 19.1 Å². The van der Waals surface area contributed by atoms with Crippen molar-refractivity contribution in [2.75, 3.05) is 13.2 Å². The van der Waals surface area contributed by atoms with E-state index in [9.17, 15) is 20.1 Å². The van der Waals surface area contributed by atoms with Crippen LogP contribution in [0.15, 0.2) is 0 Å².